The van der Waals surface area contributed by atoms with E-state index in [1.807, 2.05) is 42.5 Å². The molecule has 0 saturated heterocycles. The molecule has 0 aliphatic carbocycles. The molecular formula is C21H19N5O2. The van der Waals surface area contributed by atoms with Crippen molar-refractivity contribution in [1.82, 2.24) is 24.8 Å². The quantitative estimate of drug-likeness (QED) is 0.503. The van der Waals surface area contributed by atoms with Gasteiger partial charge in [0.2, 0.25) is 0 Å². The third kappa shape index (κ3) is 3.35. The lowest BCUT2D eigenvalue weighted by molar-refractivity contribution is -0.0755. The van der Waals surface area contributed by atoms with Gasteiger partial charge in [-0.1, -0.05) is 36.4 Å². The monoisotopic (exact) mass is 373 g/mol. The van der Waals surface area contributed by atoms with E-state index >= 15 is 0 Å². The van der Waals surface area contributed by atoms with Crippen LogP contribution in [-0.2, 0) is 11.4 Å². The smallest absolute Gasteiger partial charge is 0.274 e. The number of amides is 1. The van der Waals surface area contributed by atoms with E-state index in [1.54, 1.807) is 36.4 Å². The predicted molar refractivity (Wildman–Crippen MR) is 105 cm³/mol. The molecule has 1 aromatic carbocycles. The Labute approximate surface area is 162 Å². The van der Waals surface area contributed by atoms with Crippen LogP contribution in [0, 0.1) is 0 Å². The minimum absolute atomic E-state index is 0.256. The number of hydroxylamine groups is 2. The maximum absolute atomic E-state index is 12.9. The van der Waals surface area contributed by atoms with Crippen molar-refractivity contribution in [1.29, 1.82) is 0 Å². The molecule has 0 atom stereocenters. The number of carbonyl (C=O) groups excluding carboxylic acids is 1. The van der Waals surface area contributed by atoms with Crippen molar-refractivity contribution in [2.24, 2.45) is 0 Å². The summed E-state index contributed by atoms with van der Waals surface area (Å²) >= 11 is 0. The zero-order valence-corrected chi connectivity index (χ0v) is 15.6. The minimum atomic E-state index is -0.256. The molecule has 0 aliphatic rings. The molecule has 1 amide bonds. The largest absolute Gasteiger partial charge is 0.278 e. The number of hydrogen-bond donors (Lipinski definition) is 0. The van der Waals surface area contributed by atoms with Crippen LogP contribution >= 0.6 is 0 Å². The predicted octanol–water partition coefficient (Wildman–Crippen LogP) is 3.18. The number of benzene rings is 1. The van der Waals surface area contributed by atoms with Crippen molar-refractivity contribution >= 4 is 16.9 Å². The molecule has 7 nitrogen and oxygen atoms in total. The molecule has 0 aliphatic heterocycles. The van der Waals surface area contributed by atoms with Gasteiger partial charge in [0.25, 0.3) is 5.91 Å². The Kier molecular flexibility index (Phi) is 4.82. The number of pyridine rings is 2. The van der Waals surface area contributed by atoms with E-state index in [-0.39, 0.29) is 5.91 Å². The van der Waals surface area contributed by atoms with Gasteiger partial charge in [0.1, 0.15) is 0 Å². The van der Waals surface area contributed by atoms with Gasteiger partial charge in [0, 0.05) is 25.0 Å². The molecular weight excluding hydrogens is 354 g/mol. The van der Waals surface area contributed by atoms with E-state index in [4.69, 9.17) is 9.82 Å². The van der Waals surface area contributed by atoms with Crippen molar-refractivity contribution in [3.63, 3.8) is 0 Å². The summed E-state index contributed by atoms with van der Waals surface area (Å²) in [6.07, 6.45) is 5.19. The normalized spacial score (nSPS) is 10.9. The average Bonchev–Trinajstić information content (AvgIpc) is 3.16. The second-order valence-electron chi connectivity index (χ2n) is 6.31. The number of aromatic nitrogens is 4. The van der Waals surface area contributed by atoms with Gasteiger partial charge in [0.15, 0.2) is 5.65 Å². The van der Waals surface area contributed by atoms with Gasteiger partial charge in [-0.05, 0) is 17.7 Å². The maximum atomic E-state index is 12.9. The zero-order chi connectivity index (χ0) is 19.5. The second-order valence-corrected chi connectivity index (χ2v) is 6.31. The van der Waals surface area contributed by atoms with Gasteiger partial charge < -0.3 is 0 Å². The SMILES string of the molecule is CON(C)C(=O)c1cc(-c2ccccc2)nc2c1cnn2Cc1cccnc1. The van der Waals surface area contributed by atoms with E-state index < -0.39 is 0 Å². The van der Waals surface area contributed by atoms with E-state index in [1.165, 1.54) is 12.2 Å². The van der Waals surface area contributed by atoms with Crippen LogP contribution in [0.5, 0.6) is 0 Å². The molecule has 3 heterocycles. The highest BCUT2D eigenvalue weighted by atomic mass is 16.7. The first-order valence-corrected chi connectivity index (χ1v) is 8.80. The Morgan fingerprint density at radius 1 is 1.14 bits per heavy atom. The molecule has 0 N–H and O–H groups in total. The van der Waals surface area contributed by atoms with Crippen LogP contribution in [0.1, 0.15) is 15.9 Å². The molecule has 7 heteroatoms. The molecule has 3 aromatic heterocycles. The number of hydrogen-bond acceptors (Lipinski definition) is 5. The summed E-state index contributed by atoms with van der Waals surface area (Å²) < 4.78 is 1.78. The topological polar surface area (TPSA) is 73.1 Å². The van der Waals surface area contributed by atoms with Crippen LogP contribution in [0.2, 0.25) is 0 Å². The van der Waals surface area contributed by atoms with E-state index in [0.29, 0.717) is 28.8 Å². The van der Waals surface area contributed by atoms with Crippen molar-refractivity contribution in [3.05, 3.63) is 78.2 Å². The van der Waals surface area contributed by atoms with Crippen LogP contribution in [0.4, 0.5) is 0 Å². The van der Waals surface area contributed by atoms with E-state index in [9.17, 15) is 4.79 Å². The van der Waals surface area contributed by atoms with Crippen molar-refractivity contribution < 1.29 is 9.63 Å². The van der Waals surface area contributed by atoms with Crippen LogP contribution in [0.25, 0.3) is 22.3 Å². The first-order chi connectivity index (χ1) is 13.7. The molecule has 28 heavy (non-hydrogen) atoms. The molecule has 0 saturated carbocycles. The molecule has 0 spiro atoms. The third-order valence-electron chi connectivity index (χ3n) is 4.52. The fraction of sp³-hybridized carbons (Fsp3) is 0.143. The summed E-state index contributed by atoms with van der Waals surface area (Å²) in [5.41, 5.74) is 3.76. The highest BCUT2D eigenvalue weighted by Gasteiger charge is 2.20. The third-order valence-corrected chi connectivity index (χ3v) is 4.52. The highest BCUT2D eigenvalue weighted by molar-refractivity contribution is 6.06. The standard InChI is InChI=1S/C21H19N5O2/c1-25(28-2)21(27)17-11-19(16-8-4-3-5-9-16)24-20-18(17)13-23-26(20)14-15-7-6-10-22-12-15/h3-13H,14H2,1-2H3. The molecule has 4 rings (SSSR count). The summed E-state index contributed by atoms with van der Waals surface area (Å²) in [6, 6.07) is 15.4. The average molecular weight is 373 g/mol. The van der Waals surface area contributed by atoms with Crippen molar-refractivity contribution in [2.45, 2.75) is 6.54 Å². The Hall–Kier alpha value is -3.58. The van der Waals surface area contributed by atoms with Gasteiger partial charge in [-0.2, -0.15) is 5.10 Å². The molecule has 0 bridgehead atoms. The van der Waals surface area contributed by atoms with Gasteiger partial charge in [-0.3, -0.25) is 14.6 Å². The number of fused-ring (bicyclic) bond motifs is 1. The molecule has 0 unspecified atom stereocenters. The van der Waals surface area contributed by atoms with Crippen LogP contribution in [0.15, 0.2) is 67.1 Å². The van der Waals surface area contributed by atoms with Gasteiger partial charge in [-0.25, -0.2) is 14.7 Å². The fourth-order valence-electron chi connectivity index (χ4n) is 3.01. The summed E-state index contributed by atoms with van der Waals surface area (Å²) in [5.74, 6) is -0.256. The minimum Gasteiger partial charge on any atom is -0.274 e. The number of nitrogens with zero attached hydrogens (tertiary/aromatic N) is 5. The van der Waals surface area contributed by atoms with Crippen molar-refractivity contribution in [3.8, 4) is 11.3 Å². The Balaban J connectivity index is 1.88. The summed E-state index contributed by atoms with van der Waals surface area (Å²) in [6.45, 7) is 0.510. The van der Waals surface area contributed by atoms with E-state index in [2.05, 4.69) is 10.1 Å². The Bertz CT molecular complexity index is 1110. The van der Waals surface area contributed by atoms with Crippen molar-refractivity contribution in [2.75, 3.05) is 14.2 Å². The highest BCUT2D eigenvalue weighted by Crippen LogP contribution is 2.26. The Morgan fingerprint density at radius 3 is 2.68 bits per heavy atom. The second kappa shape index (κ2) is 7.58. The van der Waals surface area contributed by atoms with Gasteiger partial charge in [-0.15, -0.1) is 0 Å². The van der Waals surface area contributed by atoms with Crippen LogP contribution in [-0.4, -0.2) is 44.9 Å². The van der Waals surface area contributed by atoms with Crippen LogP contribution < -0.4 is 0 Å². The fourth-order valence-corrected chi connectivity index (χ4v) is 3.01. The lowest BCUT2D eigenvalue weighted by Crippen LogP contribution is -2.25. The number of rotatable bonds is 5. The molecule has 0 radical (unpaired) electrons. The number of carbonyl (C=O) groups is 1. The molecule has 4 aromatic rings. The van der Waals surface area contributed by atoms with Crippen LogP contribution in [0.3, 0.4) is 0 Å². The van der Waals surface area contributed by atoms with Gasteiger partial charge in [0.05, 0.1) is 36.5 Å². The first-order valence-electron chi connectivity index (χ1n) is 8.80. The molecule has 0 fully saturated rings. The van der Waals surface area contributed by atoms with E-state index in [0.717, 1.165) is 11.1 Å². The first kappa shape index (κ1) is 17.8. The summed E-state index contributed by atoms with van der Waals surface area (Å²) in [5, 5.41) is 6.34. The zero-order valence-electron chi connectivity index (χ0n) is 15.6. The summed E-state index contributed by atoms with van der Waals surface area (Å²) in [7, 11) is 3.04. The lowest BCUT2D eigenvalue weighted by Gasteiger charge is -2.15. The molecule has 140 valence electrons. The summed E-state index contributed by atoms with van der Waals surface area (Å²) in [4.78, 5) is 26.9. The lowest BCUT2D eigenvalue weighted by atomic mass is 10.1. The maximum Gasteiger partial charge on any atom is 0.278 e. The van der Waals surface area contributed by atoms with Gasteiger partial charge >= 0.3 is 0 Å². The Morgan fingerprint density at radius 2 is 1.96 bits per heavy atom.